The molecule has 3 saturated carbocycles. The van der Waals surface area contributed by atoms with Gasteiger partial charge in [0.1, 0.15) is 66.2 Å². The molecule has 674 valence electrons. The number of likely N-dealkylation sites (tertiary alicyclic amines) is 2. The summed E-state index contributed by atoms with van der Waals surface area (Å²) in [6.07, 6.45) is 20.3. The van der Waals surface area contributed by atoms with Gasteiger partial charge in [-0.3, -0.25) is 47.9 Å². The molecular formula is C94H131N13O15S2. The monoisotopic (exact) mass is 1750 g/mol. The first-order valence-electron chi connectivity index (χ1n) is 45.1. The molecule has 124 heavy (non-hydrogen) atoms. The van der Waals surface area contributed by atoms with Crippen LogP contribution in [0.1, 0.15) is 187 Å². The van der Waals surface area contributed by atoms with Gasteiger partial charge >= 0.3 is 6.09 Å². The molecule has 4 aliphatic heterocycles. The number of benzene rings is 3. The van der Waals surface area contributed by atoms with Crippen LogP contribution in [0.3, 0.4) is 0 Å². The molecule has 12 rings (SSSR count). The van der Waals surface area contributed by atoms with Gasteiger partial charge in [0.15, 0.2) is 0 Å². The van der Waals surface area contributed by atoms with E-state index in [0.717, 1.165) is 46.8 Å². The largest absolute Gasteiger partial charge is 0.446 e. The molecule has 5 heterocycles. The molecule has 3 aromatic carbocycles. The number of nitrogens with one attached hydrogen (secondary N) is 10. The number of likely N-dealkylation sites (N-methyl/N-ethyl adjacent to an activating group) is 1. The van der Waals surface area contributed by atoms with Crippen LogP contribution >= 0.6 is 21.6 Å². The van der Waals surface area contributed by atoms with E-state index >= 15 is 24.0 Å². The number of aliphatic hydroxyl groups is 3. The van der Waals surface area contributed by atoms with Crippen molar-refractivity contribution in [1.29, 1.82) is 0 Å². The van der Waals surface area contributed by atoms with Crippen LogP contribution < -0.4 is 47.9 Å². The van der Waals surface area contributed by atoms with Gasteiger partial charge in [0, 0.05) is 80.7 Å². The van der Waals surface area contributed by atoms with Gasteiger partial charge in [-0.25, -0.2) is 4.79 Å². The SMILES string of the molecule is CC(C)CCC[C@@H](C)[C@H]1CC[C@H]2[C@@H]3CC=C4CC[C@@H](OC(=O)NCCCC[C@@H]5NC(=O)[C@H](Cc6c[nH]c7ccccc67)NC(=O)[C@H](Cc6ccccc6)NC(=O)[C@@H](NC(=O)[C@H](Cc6ccccc6)NC(=O)[C@H]6CCCN6C(=O)[C@@H]6CCCN6C(=O)C6=CCC=CN6C)CSSC[C@@H](C(=O)N[C@H](CO)[C@@H](C)O)NC(=O)[C@H]([C@@H](C)O)NC5=O)C[C@]4(C)[C@H]3CC[C@]12C. The third-order valence-corrected chi connectivity index (χ3v) is 30.3. The number of unbranched alkanes of at least 4 members (excludes halogenated alkanes) is 1. The fourth-order valence-electron chi connectivity index (χ4n) is 21.1. The number of alkyl carbamates (subject to hydrolysis) is 1. The smallest absolute Gasteiger partial charge is 0.407 e. The van der Waals surface area contributed by atoms with E-state index in [1.807, 2.05) is 36.4 Å². The summed E-state index contributed by atoms with van der Waals surface area (Å²) in [7, 11) is 3.70. The molecular weight excluding hydrogens is 1620 g/mol. The normalized spacial score (nSPS) is 29.0. The maximum absolute atomic E-state index is 15.6. The maximum Gasteiger partial charge on any atom is 0.407 e. The number of aliphatic hydroxyl groups excluding tert-OH is 3. The number of aromatic nitrogens is 1. The average Bonchev–Trinajstić information content (AvgIpc) is 1.57. The molecule has 0 unspecified atom stereocenters. The first kappa shape index (κ1) is 93.9. The van der Waals surface area contributed by atoms with Crippen molar-refractivity contribution >= 4 is 97.7 Å². The van der Waals surface area contributed by atoms with E-state index in [1.54, 1.807) is 89.9 Å². The van der Waals surface area contributed by atoms with E-state index in [0.29, 0.717) is 107 Å². The lowest BCUT2D eigenvalue weighted by Gasteiger charge is -2.58. The van der Waals surface area contributed by atoms with Gasteiger partial charge in [0.25, 0.3) is 5.91 Å². The molecule has 0 radical (unpaired) electrons. The highest BCUT2D eigenvalue weighted by atomic mass is 33.1. The minimum Gasteiger partial charge on any atom is -0.446 e. The first-order chi connectivity index (χ1) is 59.5. The summed E-state index contributed by atoms with van der Waals surface area (Å²) < 4.78 is 6.30. The molecule has 4 aliphatic carbocycles. The Hall–Kier alpha value is -9.23. The first-order valence-corrected chi connectivity index (χ1v) is 47.6. The quantitative estimate of drug-likeness (QED) is 0.0144. The molecule has 0 bridgehead atoms. The molecule has 3 saturated heterocycles. The topological polar surface area (TPSA) is 391 Å². The number of hydrogen-bond acceptors (Lipinski definition) is 18. The van der Waals surface area contributed by atoms with Crippen LogP contribution in [0.2, 0.25) is 0 Å². The summed E-state index contributed by atoms with van der Waals surface area (Å²) in [4.78, 5) is 172. The van der Waals surface area contributed by atoms with Gasteiger partial charge in [-0.15, -0.1) is 0 Å². The van der Waals surface area contributed by atoms with E-state index in [2.05, 4.69) is 93.5 Å². The Morgan fingerprint density at radius 3 is 2.06 bits per heavy atom. The summed E-state index contributed by atoms with van der Waals surface area (Å²) >= 11 is 0. The number of carbonyl (C=O) groups is 11. The predicted molar refractivity (Wildman–Crippen MR) is 477 cm³/mol. The van der Waals surface area contributed by atoms with Crippen LogP contribution in [0.15, 0.2) is 127 Å². The zero-order valence-corrected chi connectivity index (χ0v) is 74.8. The molecule has 4 aromatic rings. The van der Waals surface area contributed by atoms with E-state index in [9.17, 15) is 44.1 Å². The third-order valence-electron chi connectivity index (χ3n) is 27.9. The standard InChI is InChI=1S/C94H131N13O15S2/c1-56(2)24-21-25-57(3)67-40-41-68-66-39-37-63-36-38-64(51-94(63,7)69(66)42-43-93(67,68)6)122-92(121)95-44-19-17-32-71-82(111)104-81(59(5)110)89(118)103-77(87(116)101-75(53-108)58(4)109)55-124-123-54-76(86(115)98-72(48-60-26-11-9-12-27-60)83(112)99-74(85(114)97-71)50-62-52-96-70-31-16-15-30-65(62)70)102-84(113)73(49-61-28-13-10-14-29-61)100-88(117)78-34-22-46-106(78)91(120)80-35-23-47-107(80)90(119)79-33-18-20-45-105(79)8/h9-16,20,26-31,33,37,45,52,56-59,64,66-69,71-78,80-81,96,108-110H,17-19,21-25,32,34-36,38-44,46-51,53-55H2,1-8H3,(H,95,121)(H,97,114)(H,98,115)(H,99,112)(H,100,117)(H,101,116)(H,102,113)(H,103,118)(H,104,111)/t57-,58-,59-,64-,66+,67-,68+,69+,71+,72+,73+,74+,75-,76+,77+,78-,80+,81+,93-,94+/m1/s1. The zero-order chi connectivity index (χ0) is 88.5. The maximum atomic E-state index is 15.6. The van der Waals surface area contributed by atoms with Gasteiger partial charge in [-0.05, 0) is 186 Å². The van der Waals surface area contributed by atoms with Crippen LogP contribution in [0, 0.1) is 46.3 Å². The number of fused-ring (bicyclic) bond motifs is 6. The summed E-state index contributed by atoms with van der Waals surface area (Å²) in [6, 6.07) is 11.0. The van der Waals surface area contributed by atoms with Crippen molar-refractivity contribution in [2.24, 2.45) is 46.3 Å². The second-order valence-electron chi connectivity index (χ2n) is 36.8. The molecule has 8 aliphatic rings. The summed E-state index contributed by atoms with van der Waals surface area (Å²) in [6.45, 7) is 14.7. The lowest BCUT2D eigenvalue weighted by molar-refractivity contribution is -0.146. The molecule has 30 heteroatoms. The zero-order valence-electron chi connectivity index (χ0n) is 73.1. The van der Waals surface area contributed by atoms with Crippen molar-refractivity contribution in [3.8, 4) is 0 Å². The molecule has 28 nitrogen and oxygen atoms in total. The number of aromatic amines is 1. The lowest BCUT2D eigenvalue weighted by atomic mass is 9.47. The third kappa shape index (κ3) is 23.1. The van der Waals surface area contributed by atoms with E-state index in [4.69, 9.17) is 4.74 Å². The Bertz CT molecular complexity index is 4510. The van der Waals surface area contributed by atoms with Crippen LogP contribution in [0.5, 0.6) is 0 Å². The van der Waals surface area contributed by atoms with E-state index in [-0.39, 0.29) is 87.0 Å². The van der Waals surface area contributed by atoms with Gasteiger partial charge in [-0.1, -0.05) is 178 Å². The molecule has 0 spiro atoms. The van der Waals surface area contributed by atoms with E-state index < -0.39 is 138 Å². The summed E-state index contributed by atoms with van der Waals surface area (Å²) in [5.74, 6) is -4.38. The predicted octanol–water partition coefficient (Wildman–Crippen LogP) is 8.24. The number of rotatable bonds is 28. The lowest BCUT2D eigenvalue weighted by Crippen LogP contribution is -2.62. The highest BCUT2D eigenvalue weighted by molar-refractivity contribution is 8.76. The van der Waals surface area contributed by atoms with Gasteiger partial charge in [-0.2, -0.15) is 0 Å². The molecule has 13 N–H and O–H groups in total. The van der Waals surface area contributed by atoms with Gasteiger partial charge < -0.3 is 87.6 Å². The average molecular weight is 1750 g/mol. The number of allylic oxidation sites excluding steroid dienone is 4. The number of carbonyl (C=O) groups excluding carboxylic acids is 11. The Labute approximate surface area is 736 Å². The van der Waals surface area contributed by atoms with Gasteiger partial charge in [0.2, 0.25) is 53.2 Å². The number of para-hydroxylation sites is 1. The van der Waals surface area contributed by atoms with E-state index in [1.165, 1.54) is 69.3 Å². The van der Waals surface area contributed by atoms with Crippen molar-refractivity contribution < 1.29 is 72.8 Å². The van der Waals surface area contributed by atoms with Crippen LogP contribution in [0.4, 0.5) is 4.79 Å². The second kappa shape index (κ2) is 43.3. The Kier molecular flexibility index (Phi) is 32.8. The molecule has 6 fully saturated rings. The van der Waals surface area contributed by atoms with Gasteiger partial charge in [0.05, 0.1) is 24.9 Å². The van der Waals surface area contributed by atoms with Crippen molar-refractivity contribution in [2.45, 2.75) is 268 Å². The number of hydrogen-bond donors (Lipinski definition) is 13. The van der Waals surface area contributed by atoms with Crippen LogP contribution in [0.25, 0.3) is 10.9 Å². The fourth-order valence-corrected chi connectivity index (χ4v) is 23.4. The van der Waals surface area contributed by atoms with Crippen molar-refractivity contribution in [3.63, 3.8) is 0 Å². The second-order valence-corrected chi connectivity index (χ2v) is 39.3. The fraction of sp³-hybridized carbons (Fsp3) is 0.606. The number of amides is 11. The number of ether oxygens (including phenoxy) is 1. The minimum atomic E-state index is -1.80. The summed E-state index contributed by atoms with van der Waals surface area (Å²) in [5, 5.41) is 58.4. The Morgan fingerprint density at radius 1 is 0.669 bits per heavy atom. The molecule has 20 atom stereocenters. The number of H-pyrrole nitrogens is 1. The molecule has 1 aromatic heterocycles. The van der Waals surface area contributed by atoms with Crippen LogP contribution in [-0.2, 0) is 71.9 Å². The highest BCUT2D eigenvalue weighted by Crippen LogP contribution is 2.67. The Balaban J connectivity index is 0.788. The number of nitrogens with zero attached hydrogens (tertiary/aromatic N) is 3. The minimum absolute atomic E-state index is 0.0913. The van der Waals surface area contributed by atoms with Crippen molar-refractivity contribution in [3.05, 3.63) is 144 Å². The molecule has 11 amide bonds. The van der Waals surface area contributed by atoms with Crippen LogP contribution in [-0.4, -0.2) is 224 Å². The summed E-state index contributed by atoms with van der Waals surface area (Å²) in [5.41, 5.74) is 4.67. The Morgan fingerprint density at radius 2 is 1.35 bits per heavy atom. The van der Waals surface area contributed by atoms with Crippen molar-refractivity contribution in [2.75, 3.05) is 44.8 Å². The van der Waals surface area contributed by atoms with Crippen molar-refractivity contribution in [1.82, 2.24) is 67.5 Å². The highest BCUT2D eigenvalue weighted by Gasteiger charge is 2.60.